The van der Waals surface area contributed by atoms with Crippen LogP contribution in [-0.4, -0.2) is 29.5 Å². The number of nitrogens with zero attached hydrogens (tertiary/aromatic N) is 1. The van der Waals surface area contributed by atoms with Crippen molar-refractivity contribution in [3.05, 3.63) is 41.3 Å². The Kier molecular flexibility index (Phi) is 4.94. The summed E-state index contributed by atoms with van der Waals surface area (Å²) < 4.78 is 18.3. The first-order valence-corrected chi connectivity index (χ1v) is 8.82. The van der Waals surface area contributed by atoms with Gasteiger partial charge >= 0.3 is 5.97 Å². The summed E-state index contributed by atoms with van der Waals surface area (Å²) in [4.78, 5) is 29.7. The summed E-state index contributed by atoms with van der Waals surface area (Å²) in [6.07, 6.45) is 2.81. The average Bonchev–Trinajstić information content (AvgIpc) is 2.62. The van der Waals surface area contributed by atoms with Crippen molar-refractivity contribution in [2.24, 2.45) is 5.92 Å². The Morgan fingerprint density at radius 2 is 1.96 bits per heavy atom. The van der Waals surface area contributed by atoms with E-state index in [0.29, 0.717) is 40.9 Å². The van der Waals surface area contributed by atoms with Gasteiger partial charge in [-0.25, -0.2) is 9.18 Å². The van der Waals surface area contributed by atoms with Gasteiger partial charge in [0.05, 0.1) is 23.9 Å². The molecular weight excluding hydrogens is 335 g/mol. The number of pyridine rings is 1. The van der Waals surface area contributed by atoms with E-state index in [9.17, 15) is 14.0 Å². The smallest absolute Gasteiger partial charge is 0.331 e. The number of carbonyl (C=O) groups excluding carboxylic acids is 2. The number of halogens is 1. The van der Waals surface area contributed by atoms with Gasteiger partial charge in [0.15, 0.2) is 0 Å². The maximum absolute atomic E-state index is 13.4. The summed E-state index contributed by atoms with van der Waals surface area (Å²) in [5.41, 5.74) is 0.367. The average molecular weight is 358 g/mol. The monoisotopic (exact) mass is 358 g/mol. The molecule has 1 saturated carbocycles. The molecule has 1 N–H and O–H groups in total. The summed E-state index contributed by atoms with van der Waals surface area (Å²) >= 11 is 0. The molecule has 1 aliphatic carbocycles. The lowest BCUT2D eigenvalue weighted by atomic mass is 9.77. The van der Waals surface area contributed by atoms with Crippen LogP contribution in [0.4, 0.5) is 4.39 Å². The second kappa shape index (κ2) is 7.02. The molecule has 0 radical (unpaired) electrons. The van der Waals surface area contributed by atoms with Gasteiger partial charge in [0.25, 0.3) is 5.91 Å². The van der Waals surface area contributed by atoms with Crippen LogP contribution in [0.2, 0.25) is 0 Å². The van der Waals surface area contributed by atoms with Crippen molar-refractivity contribution < 1.29 is 18.7 Å². The molecule has 6 heteroatoms. The molecule has 0 saturated heterocycles. The van der Waals surface area contributed by atoms with Crippen LogP contribution in [0.3, 0.4) is 0 Å². The van der Waals surface area contributed by atoms with Crippen molar-refractivity contribution in [2.45, 2.75) is 45.1 Å². The highest BCUT2D eigenvalue weighted by atomic mass is 19.1. The van der Waals surface area contributed by atoms with Crippen LogP contribution in [0.1, 0.15) is 48.7 Å². The van der Waals surface area contributed by atoms with Crippen molar-refractivity contribution in [3.8, 4) is 0 Å². The molecule has 1 aromatic carbocycles. The van der Waals surface area contributed by atoms with Crippen LogP contribution in [0.15, 0.2) is 24.3 Å². The predicted octanol–water partition coefficient (Wildman–Crippen LogP) is 3.53. The van der Waals surface area contributed by atoms with Crippen LogP contribution < -0.4 is 5.32 Å². The van der Waals surface area contributed by atoms with E-state index in [1.54, 1.807) is 19.1 Å². The summed E-state index contributed by atoms with van der Waals surface area (Å²) in [6, 6.07) is 5.94. The van der Waals surface area contributed by atoms with Gasteiger partial charge in [0, 0.05) is 11.5 Å². The Labute approximate surface area is 151 Å². The molecule has 1 aromatic heterocycles. The first kappa shape index (κ1) is 18.3. The zero-order chi connectivity index (χ0) is 18.9. The van der Waals surface area contributed by atoms with E-state index in [0.717, 1.165) is 12.8 Å². The number of benzene rings is 1. The molecule has 0 bridgehead atoms. The number of hydrogen-bond donors (Lipinski definition) is 1. The molecule has 0 atom stereocenters. The SMILES string of the molecule is COC(=O)C1(NC(=O)c2cc3ccc(F)cc3nc2C)CCC(C)CC1. The lowest BCUT2D eigenvalue weighted by molar-refractivity contribution is -0.150. The third-order valence-electron chi connectivity index (χ3n) is 5.27. The summed E-state index contributed by atoms with van der Waals surface area (Å²) in [5.74, 6) is -0.626. The number of aryl methyl sites for hydroxylation is 1. The maximum Gasteiger partial charge on any atom is 0.331 e. The molecule has 138 valence electrons. The van der Waals surface area contributed by atoms with Crippen LogP contribution >= 0.6 is 0 Å². The number of fused-ring (bicyclic) bond motifs is 1. The fraction of sp³-hybridized carbons (Fsp3) is 0.450. The normalized spacial score (nSPS) is 22.8. The van der Waals surface area contributed by atoms with Crippen LogP contribution in [-0.2, 0) is 9.53 Å². The highest BCUT2D eigenvalue weighted by Gasteiger charge is 2.43. The molecule has 0 aliphatic heterocycles. The molecule has 1 heterocycles. The Balaban J connectivity index is 1.92. The fourth-order valence-corrected chi connectivity index (χ4v) is 3.58. The number of amides is 1. The number of carbonyl (C=O) groups is 2. The van der Waals surface area contributed by atoms with E-state index in [2.05, 4.69) is 17.2 Å². The van der Waals surface area contributed by atoms with Crippen molar-refractivity contribution in [1.29, 1.82) is 0 Å². The third-order valence-corrected chi connectivity index (χ3v) is 5.27. The number of esters is 1. The number of rotatable bonds is 3. The molecule has 1 amide bonds. The summed E-state index contributed by atoms with van der Waals surface area (Å²) in [6.45, 7) is 3.84. The first-order valence-electron chi connectivity index (χ1n) is 8.82. The Morgan fingerprint density at radius 1 is 1.27 bits per heavy atom. The third kappa shape index (κ3) is 3.41. The molecule has 0 unspecified atom stereocenters. The van der Waals surface area contributed by atoms with Gasteiger partial charge in [0.2, 0.25) is 0 Å². The molecule has 1 aliphatic rings. The number of methoxy groups -OCH3 is 1. The van der Waals surface area contributed by atoms with Crippen molar-refractivity contribution in [1.82, 2.24) is 10.3 Å². The number of nitrogens with one attached hydrogen (secondary N) is 1. The predicted molar refractivity (Wildman–Crippen MR) is 96.3 cm³/mol. The largest absolute Gasteiger partial charge is 0.467 e. The zero-order valence-corrected chi connectivity index (χ0v) is 15.3. The minimum atomic E-state index is -0.997. The van der Waals surface area contributed by atoms with E-state index < -0.39 is 11.5 Å². The van der Waals surface area contributed by atoms with E-state index in [-0.39, 0.29) is 11.7 Å². The van der Waals surface area contributed by atoms with Gasteiger partial charge in [-0.2, -0.15) is 0 Å². The molecule has 5 nitrogen and oxygen atoms in total. The first-order chi connectivity index (χ1) is 12.3. The quantitative estimate of drug-likeness (QED) is 0.852. The fourth-order valence-electron chi connectivity index (χ4n) is 3.58. The van der Waals surface area contributed by atoms with E-state index in [1.165, 1.54) is 19.2 Å². The summed E-state index contributed by atoms with van der Waals surface area (Å²) in [7, 11) is 1.34. The van der Waals surface area contributed by atoms with E-state index >= 15 is 0 Å². The maximum atomic E-state index is 13.4. The van der Waals surface area contributed by atoms with E-state index in [1.807, 2.05) is 0 Å². The standard InChI is InChI=1S/C20H23FN2O3/c1-12-6-8-20(9-7-12,19(25)26-3)23-18(24)16-10-14-4-5-15(21)11-17(14)22-13(16)2/h4-5,10-12H,6-9H2,1-3H3,(H,23,24). The van der Waals surface area contributed by atoms with Crippen molar-refractivity contribution in [2.75, 3.05) is 7.11 Å². The van der Waals surface area contributed by atoms with Gasteiger partial charge in [0.1, 0.15) is 11.4 Å². The minimum Gasteiger partial charge on any atom is -0.467 e. The lowest BCUT2D eigenvalue weighted by Gasteiger charge is -2.37. The topological polar surface area (TPSA) is 68.3 Å². The molecule has 26 heavy (non-hydrogen) atoms. The van der Waals surface area contributed by atoms with Gasteiger partial charge in [-0.1, -0.05) is 6.92 Å². The van der Waals surface area contributed by atoms with Crippen LogP contribution in [0, 0.1) is 18.7 Å². The zero-order valence-electron chi connectivity index (χ0n) is 15.3. The van der Waals surface area contributed by atoms with Gasteiger partial charge < -0.3 is 10.1 Å². The van der Waals surface area contributed by atoms with Crippen molar-refractivity contribution >= 4 is 22.8 Å². The highest BCUT2D eigenvalue weighted by Crippen LogP contribution is 2.33. The van der Waals surface area contributed by atoms with Gasteiger partial charge in [-0.3, -0.25) is 9.78 Å². The molecule has 3 rings (SSSR count). The molecule has 0 spiro atoms. The summed E-state index contributed by atoms with van der Waals surface area (Å²) in [5, 5.41) is 3.58. The number of ether oxygens (including phenoxy) is 1. The second-order valence-electron chi connectivity index (χ2n) is 7.17. The highest BCUT2D eigenvalue weighted by molar-refractivity contribution is 6.01. The van der Waals surface area contributed by atoms with Crippen molar-refractivity contribution in [3.63, 3.8) is 0 Å². The Bertz CT molecular complexity index is 858. The van der Waals surface area contributed by atoms with Crippen LogP contribution in [0.5, 0.6) is 0 Å². The number of aromatic nitrogens is 1. The molecular formula is C20H23FN2O3. The number of hydrogen-bond acceptors (Lipinski definition) is 4. The molecule has 2 aromatic rings. The Morgan fingerprint density at radius 3 is 2.62 bits per heavy atom. The molecule has 1 fully saturated rings. The van der Waals surface area contributed by atoms with E-state index in [4.69, 9.17) is 4.74 Å². The minimum absolute atomic E-state index is 0.360. The van der Waals surface area contributed by atoms with Crippen LogP contribution in [0.25, 0.3) is 10.9 Å². The van der Waals surface area contributed by atoms with Gasteiger partial charge in [-0.15, -0.1) is 0 Å². The van der Waals surface area contributed by atoms with Gasteiger partial charge in [-0.05, 0) is 56.7 Å². The lowest BCUT2D eigenvalue weighted by Crippen LogP contribution is -2.56. The Hall–Kier alpha value is -2.50. The second-order valence-corrected chi connectivity index (χ2v) is 7.17.